The molecule has 3 heteroatoms. The van der Waals surface area contributed by atoms with Crippen LogP contribution >= 0.6 is 7.26 Å². The molecule has 1 unspecified atom stereocenters. The van der Waals surface area contributed by atoms with Crippen LogP contribution in [-0.2, 0) is 0 Å². The number of benzene rings is 4. The van der Waals surface area contributed by atoms with E-state index in [2.05, 4.69) is 106 Å². The van der Waals surface area contributed by atoms with Crippen LogP contribution in [0.5, 0.6) is 0 Å². The summed E-state index contributed by atoms with van der Waals surface area (Å²) in [5.41, 5.74) is 0.837. The van der Waals surface area contributed by atoms with Crippen molar-refractivity contribution in [1.29, 1.82) is 0 Å². The van der Waals surface area contributed by atoms with E-state index in [9.17, 15) is 4.79 Å². The van der Waals surface area contributed by atoms with Gasteiger partial charge in [0.05, 0.1) is 0 Å². The molecule has 0 fully saturated rings. The van der Waals surface area contributed by atoms with Crippen LogP contribution in [-0.4, -0.2) is 27.8 Å². The average Bonchev–Trinajstić information content (AvgIpc) is 2.83. The third-order valence-electron chi connectivity index (χ3n) is 6.31. The zero-order chi connectivity index (χ0) is 22.6. The van der Waals surface area contributed by atoms with Crippen molar-refractivity contribution in [2.45, 2.75) is 18.5 Å². The Bertz CT molecular complexity index is 1060. The first-order valence-corrected chi connectivity index (χ1v) is 23.5. The Morgan fingerprint density at radius 2 is 0.875 bits per heavy atom. The van der Waals surface area contributed by atoms with Crippen LogP contribution < -0.4 is 15.9 Å². The molecule has 0 spiro atoms. The predicted molar refractivity (Wildman–Crippen MR) is 144 cm³/mol. The molecule has 0 radical (unpaired) electrons. The number of hydrogen-bond acceptors (Lipinski definition) is 1. The normalized spacial score (nSPS) is 13.3. The number of carbonyl (C=O) groups excluding carboxylic acids is 1. The van der Waals surface area contributed by atoms with E-state index < -0.39 is 25.6 Å². The van der Waals surface area contributed by atoms with Crippen LogP contribution in [0.1, 0.15) is 10.4 Å². The maximum atomic E-state index is 14.4. The summed E-state index contributed by atoms with van der Waals surface area (Å²) < 4.78 is 0.0198. The Morgan fingerprint density at radius 1 is 0.562 bits per heavy atom. The summed E-state index contributed by atoms with van der Waals surface area (Å²) in [5.74, 6) is 0.317. The zero-order valence-corrected chi connectivity index (χ0v) is 22.9. The van der Waals surface area contributed by atoms with E-state index in [1.807, 2.05) is 30.3 Å². The molecule has 0 aliphatic heterocycles. The minimum absolute atomic E-state index is 0.0198. The van der Waals surface area contributed by atoms with Gasteiger partial charge in [-0.3, -0.25) is 0 Å². The summed E-state index contributed by atoms with van der Waals surface area (Å²) in [4.78, 5) is 21.7. The van der Waals surface area contributed by atoms with E-state index in [4.69, 9.17) is 0 Å². The van der Waals surface area contributed by atoms with Crippen molar-refractivity contribution in [2.24, 2.45) is 0 Å². The average molecular weight is 545 g/mol. The van der Waals surface area contributed by atoms with Gasteiger partial charge in [-0.15, -0.1) is 0 Å². The molecule has 4 aromatic rings. The number of ketones is 1. The van der Waals surface area contributed by atoms with Gasteiger partial charge in [0, 0.05) is 0 Å². The van der Waals surface area contributed by atoms with Gasteiger partial charge < -0.3 is 0 Å². The van der Waals surface area contributed by atoms with Crippen molar-refractivity contribution in [3.8, 4) is 0 Å². The van der Waals surface area contributed by atoms with Crippen LogP contribution in [0.3, 0.4) is 0 Å². The third kappa shape index (κ3) is 4.34. The van der Waals surface area contributed by atoms with Gasteiger partial charge in [0.15, 0.2) is 0 Å². The molecule has 0 heterocycles. The van der Waals surface area contributed by atoms with Gasteiger partial charge in [-0.05, 0) is 0 Å². The molecule has 4 aromatic carbocycles. The van der Waals surface area contributed by atoms with Crippen LogP contribution in [0.15, 0.2) is 121 Å². The van der Waals surface area contributed by atoms with E-state index in [-0.39, 0.29) is 3.67 Å². The molecule has 0 aliphatic rings. The number of Topliss-reactive ketones (excluding diaryl/α,β-unsaturated/α-hetero) is 1. The fourth-order valence-electron chi connectivity index (χ4n) is 5.11. The molecule has 0 amide bonds. The summed E-state index contributed by atoms with van der Waals surface area (Å²) in [6.45, 7) is 0. The van der Waals surface area contributed by atoms with Crippen molar-refractivity contribution in [1.82, 2.24) is 0 Å². The fraction of sp³-hybridized carbons (Fsp3) is 0.138. The fourth-order valence-corrected chi connectivity index (χ4v) is 29.2. The van der Waals surface area contributed by atoms with E-state index in [1.54, 1.807) is 0 Å². The summed E-state index contributed by atoms with van der Waals surface area (Å²) in [6, 6.07) is 42.5. The quantitative estimate of drug-likeness (QED) is 0.162. The standard InChI is InChI=1S/C26H22OP.3CH3.Sn/c27-26(22-13-5-1-6-14-22)21-28(23-15-7-2-8-16-23,24-17-9-3-10-18-24)25-19-11-4-12-20-25;;;;/h1-21,28H;3*1H3;. The maximum absolute atomic E-state index is 14.4. The second kappa shape index (κ2) is 9.73. The molecule has 32 heavy (non-hydrogen) atoms. The Hall–Kier alpha value is -2.22. The molecule has 162 valence electrons. The topological polar surface area (TPSA) is 17.1 Å². The van der Waals surface area contributed by atoms with Gasteiger partial charge in [0.2, 0.25) is 0 Å². The van der Waals surface area contributed by atoms with Crippen LogP contribution in [0.4, 0.5) is 0 Å². The first kappa shape index (κ1) is 23.0. The Labute approximate surface area is 196 Å². The second-order valence-corrected chi connectivity index (χ2v) is 30.2. The number of rotatable bonds is 7. The molecule has 0 saturated carbocycles. The van der Waals surface area contributed by atoms with Crippen molar-refractivity contribution in [3.05, 3.63) is 127 Å². The molecule has 0 N–H and O–H groups in total. The zero-order valence-electron chi connectivity index (χ0n) is 19.0. The molecule has 0 bridgehead atoms. The van der Waals surface area contributed by atoms with Crippen molar-refractivity contribution >= 4 is 47.3 Å². The Balaban J connectivity index is 2.13. The van der Waals surface area contributed by atoms with Crippen LogP contribution in [0.2, 0.25) is 14.8 Å². The summed E-state index contributed by atoms with van der Waals surface area (Å²) in [6.07, 6.45) is 0. The monoisotopic (exact) mass is 546 g/mol. The summed E-state index contributed by atoms with van der Waals surface area (Å²) >= 11 is -2.90. The van der Waals surface area contributed by atoms with E-state index in [0.29, 0.717) is 5.78 Å². The molecular weight excluding hydrogens is 514 g/mol. The number of carbonyl (C=O) groups is 1. The first-order chi connectivity index (χ1) is 15.5. The van der Waals surface area contributed by atoms with Gasteiger partial charge in [-0.1, -0.05) is 0 Å². The summed E-state index contributed by atoms with van der Waals surface area (Å²) in [5, 5.41) is 3.95. The van der Waals surface area contributed by atoms with Gasteiger partial charge in [0.1, 0.15) is 0 Å². The second-order valence-electron chi connectivity index (χ2n) is 9.44. The Kier molecular flexibility index (Phi) is 6.98. The molecule has 0 saturated heterocycles. The van der Waals surface area contributed by atoms with E-state index >= 15 is 0 Å². The molecule has 0 aromatic heterocycles. The molecule has 1 atom stereocenters. The SMILES string of the molecule is [CH3][Sn]([CH3])([CH3])[CH](C(=O)c1ccccc1)[PH](c1ccccc1)(c1ccccc1)c1ccccc1. The minimum atomic E-state index is -2.90. The summed E-state index contributed by atoms with van der Waals surface area (Å²) in [7, 11) is -2.69. The van der Waals surface area contributed by atoms with Gasteiger partial charge in [-0.25, -0.2) is 0 Å². The van der Waals surface area contributed by atoms with Crippen molar-refractivity contribution < 1.29 is 4.79 Å². The molecule has 1 nitrogen and oxygen atoms in total. The van der Waals surface area contributed by atoms with Crippen LogP contribution in [0, 0.1) is 0 Å². The van der Waals surface area contributed by atoms with Crippen molar-refractivity contribution in [3.63, 3.8) is 0 Å². The van der Waals surface area contributed by atoms with Crippen molar-refractivity contribution in [2.75, 3.05) is 0 Å². The predicted octanol–water partition coefficient (Wildman–Crippen LogP) is 5.84. The first-order valence-electron chi connectivity index (χ1n) is 11.2. The van der Waals surface area contributed by atoms with Gasteiger partial charge in [-0.2, -0.15) is 0 Å². The molecule has 4 rings (SSSR count). The third-order valence-corrected chi connectivity index (χ3v) is 26.4. The van der Waals surface area contributed by atoms with Gasteiger partial charge >= 0.3 is 198 Å². The van der Waals surface area contributed by atoms with Gasteiger partial charge in [0.25, 0.3) is 0 Å². The molecular formula is C29H31OPSn. The van der Waals surface area contributed by atoms with E-state index in [0.717, 1.165) is 5.56 Å². The van der Waals surface area contributed by atoms with E-state index in [1.165, 1.54) is 15.9 Å². The number of hydrogen-bond donors (Lipinski definition) is 0. The molecule has 0 aliphatic carbocycles. The van der Waals surface area contributed by atoms with Crippen LogP contribution in [0.25, 0.3) is 0 Å². The Morgan fingerprint density at radius 3 is 1.19 bits per heavy atom.